The molecule has 0 bridgehead atoms. The molecule has 2 aromatic heterocycles. The molecule has 2 aromatic carbocycles. The molecule has 0 amide bonds. The molecule has 6 nitrogen and oxygen atoms in total. The lowest BCUT2D eigenvalue weighted by Gasteiger charge is -2.01. The Hall–Kier alpha value is -3.29. The number of furan rings is 1. The van der Waals surface area contributed by atoms with E-state index in [-0.39, 0.29) is 5.69 Å². The first kappa shape index (κ1) is 21.0. The van der Waals surface area contributed by atoms with E-state index < -0.39 is 4.92 Å². The van der Waals surface area contributed by atoms with Crippen LogP contribution in [0.3, 0.4) is 0 Å². The number of thiazole rings is 1. The average molecular weight is 539 g/mol. The zero-order chi connectivity index (χ0) is 22.0. The maximum absolute atomic E-state index is 11.4. The number of benzene rings is 2. The molecular weight excluding hydrogens is 525 g/mol. The first-order valence-corrected chi connectivity index (χ1v) is 11.1. The van der Waals surface area contributed by atoms with Gasteiger partial charge in [-0.1, -0.05) is 18.2 Å². The monoisotopic (exact) mass is 539 g/mol. The summed E-state index contributed by atoms with van der Waals surface area (Å²) in [7, 11) is 0. The van der Waals surface area contributed by atoms with Crippen molar-refractivity contribution in [2.75, 3.05) is 0 Å². The van der Waals surface area contributed by atoms with Crippen LogP contribution >= 0.6 is 33.9 Å². The maximum atomic E-state index is 11.4. The predicted molar refractivity (Wildman–Crippen MR) is 129 cm³/mol. The van der Waals surface area contributed by atoms with Crippen molar-refractivity contribution in [2.24, 2.45) is 0 Å². The SMILES string of the molecule is Cc1ccc(-c2ccc(C=C(C#N)c3nc(-c4ccc(I)cc4)cs3)o2)c([N+](=O)[O-])c1. The van der Waals surface area contributed by atoms with E-state index in [0.717, 1.165) is 20.4 Å². The van der Waals surface area contributed by atoms with Crippen LogP contribution in [0.15, 0.2) is 64.4 Å². The number of nitriles is 1. The van der Waals surface area contributed by atoms with Gasteiger partial charge in [0.2, 0.25) is 0 Å². The molecule has 0 radical (unpaired) electrons. The van der Waals surface area contributed by atoms with Gasteiger partial charge in [-0.15, -0.1) is 11.3 Å². The van der Waals surface area contributed by atoms with Gasteiger partial charge in [-0.2, -0.15) is 5.26 Å². The molecule has 2 heterocycles. The summed E-state index contributed by atoms with van der Waals surface area (Å²) >= 11 is 3.62. The second kappa shape index (κ2) is 8.83. The summed E-state index contributed by atoms with van der Waals surface area (Å²) in [5, 5.41) is 23.5. The third kappa shape index (κ3) is 4.57. The van der Waals surface area contributed by atoms with Crippen LogP contribution in [0.25, 0.3) is 34.2 Å². The third-order valence-electron chi connectivity index (χ3n) is 4.52. The Bertz CT molecular complexity index is 1350. The summed E-state index contributed by atoms with van der Waals surface area (Å²) in [4.78, 5) is 15.6. The molecule has 0 atom stereocenters. The fourth-order valence-corrected chi connectivity index (χ4v) is 4.17. The highest BCUT2D eigenvalue weighted by molar-refractivity contribution is 14.1. The fraction of sp³-hybridized carbons (Fsp3) is 0.0435. The molecule has 0 N–H and O–H groups in total. The van der Waals surface area contributed by atoms with Crippen LogP contribution in [0.2, 0.25) is 0 Å². The Kier molecular flexibility index (Phi) is 5.97. The van der Waals surface area contributed by atoms with Crippen LogP contribution < -0.4 is 0 Å². The Balaban J connectivity index is 1.65. The first-order chi connectivity index (χ1) is 14.9. The van der Waals surface area contributed by atoms with Crippen LogP contribution in [0.5, 0.6) is 0 Å². The molecule has 0 saturated heterocycles. The van der Waals surface area contributed by atoms with Gasteiger partial charge in [0.05, 0.1) is 21.8 Å². The number of aryl methyl sites for hydroxylation is 1. The number of nitro groups is 1. The van der Waals surface area contributed by atoms with Crippen molar-refractivity contribution in [1.29, 1.82) is 5.26 Å². The molecular formula is C23H14IN3O3S. The van der Waals surface area contributed by atoms with Crippen molar-refractivity contribution in [3.8, 4) is 28.7 Å². The fourth-order valence-electron chi connectivity index (χ4n) is 3.01. The van der Waals surface area contributed by atoms with Crippen molar-refractivity contribution in [1.82, 2.24) is 4.98 Å². The van der Waals surface area contributed by atoms with Crippen LogP contribution in [-0.4, -0.2) is 9.91 Å². The van der Waals surface area contributed by atoms with Crippen molar-refractivity contribution in [3.05, 3.63) is 90.0 Å². The number of halogens is 1. The lowest BCUT2D eigenvalue weighted by atomic mass is 10.1. The number of hydrogen-bond acceptors (Lipinski definition) is 6. The molecule has 0 aliphatic rings. The van der Waals surface area contributed by atoms with Gasteiger partial charge in [0.15, 0.2) is 0 Å². The Morgan fingerprint density at radius 1 is 1.23 bits per heavy atom. The molecule has 4 rings (SSSR count). The van der Waals surface area contributed by atoms with Gasteiger partial charge >= 0.3 is 0 Å². The highest BCUT2D eigenvalue weighted by atomic mass is 127. The minimum absolute atomic E-state index is 0.0209. The lowest BCUT2D eigenvalue weighted by molar-refractivity contribution is -0.384. The minimum Gasteiger partial charge on any atom is -0.456 e. The van der Waals surface area contributed by atoms with E-state index in [1.165, 1.54) is 17.4 Å². The summed E-state index contributed by atoms with van der Waals surface area (Å²) in [5.41, 5.74) is 3.30. The summed E-state index contributed by atoms with van der Waals surface area (Å²) in [6.45, 7) is 1.80. The van der Waals surface area contributed by atoms with Gasteiger partial charge in [-0.25, -0.2) is 4.98 Å². The zero-order valence-electron chi connectivity index (χ0n) is 16.2. The van der Waals surface area contributed by atoms with Crippen LogP contribution in [0.1, 0.15) is 16.3 Å². The average Bonchev–Trinajstić information content (AvgIpc) is 3.42. The summed E-state index contributed by atoms with van der Waals surface area (Å²) in [6.07, 6.45) is 1.60. The van der Waals surface area contributed by atoms with E-state index in [1.54, 1.807) is 37.3 Å². The van der Waals surface area contributed by atoms with Gasteiger partial charge in [0, 0.05) is 26.7 Å². The predicted octanol–water partition coefficient (Wildman–Crippen LogP) is 6.96. The number of nitrogens with zero attached hydrogens (tertiary/aromatic N) is 3. The van der Waals surface area contributed by atoms with E-state index in [0.29, 0.717) is 27.7 Å². The number of rotatable bonds is 5. The standard InChI is InChI=1S/C23H14IN3O3S/c1-14-2-8-19(21(10-14)27(28)29)22-9-7-18(30-22)11-16(12-25)23-26-20(13-31-23)15-3-5-17(24)6-4-15/h2-11,13H,1H3. The summed E-state index contributed by atoms with van der Waals surface area (Å²) < 4.78 is 6.94. The number of allylic oxidation sites excluding steroid dienone is 1. The number of nitro benzene ring substituents is 1. The maximum Gasteiger partial charge on any atom is 0.280 e. The third-order valence-corrected chi connectivity index (χ3v) is 6.12. The quantitative estimate of drug-likeness (QED) is 0.118. The van der Waals surface area contributed by atoms with E-state index >= 15 is 0 Å². The molecule has 8 heteroatoms. The van der Waals surface area contributed by atoms with E-state index in [1.807, 2.05) is 29.6 Å². The molecule has 31 heavy (non-hydrogen) atoms. The molecule has 0 aliphatic carbocycles. The highest BCUT2D eigenvalue weighted by Gasteiger charge is 2.18. The van der Waals surface area contributed by atoms with E-state index in [9.17, 15) is 15.4 Å². The van der Waals surface area contributed by atoms with E-state index in [2.05, 4.69) is 33.6 Å². The number of hydrogen-bond donors (Lipinski definition) is 0. The molecule has 152 valence electrons. The lowest BCUT2D eigenvalue weighted by Crippen LogP contribution is -1.92. The molecule has 0 unspecified atom stereocenters. The zero-order valence-corrected chi connectivity index (χ0v) is 19.2. The minimum atomic E-state index is -0.428. The van der Waals surface area contributed by atoms with Crippen LogP contribution in [0.4, 0.5) is 5.69 Å². The smallest absolute Gasteiger partial charge is 0.280 e. The normalized spacial score (nSPS) is 11.3. The molecule has 4 aromatic rings. The Labute approximate surface area is 195 Å². The van der Waals surface area contributed by atoms with Gasteiger partial charge in [-0.05, 0) is 65.4 Å². The van der Waals surface area contributed by atoms with Crippen LogP contribution in [-0.2, 0) is 0 Å². The van der Waals surface area contributed by atoms with Gasteiger partial charge < -0.3 is 4.42 Å². The topological polar surface area (TPSA) is 93.0 Å². The van der Waals surface area contributed by atoms with Crippen molar-refractivity contribution >= 4 is 51.3 Å². The van der Waals surface area contributed by atoms with Gasteiger partial charge in [-0.3, -0.25) is 10.1 Å². The molecule has 0 fully saturated rings. The second-order valence-electron chi connectivity index (χ2n) is 6.69. The number of aromatic nitrogens is 1. The van der Waals surface area contributed by atoms with Crippen molar-refractivity contribution in [2.45, 2.75) is 6.92 Å². The molecule has 0 aliphatic heterocycles. The Morgan fingerprint density at radius 2 is 2.00 bits per heavy atom. The van der Waals surface area contributed by atoms with Crippen LogP contribution in [0, 0.1) is 31.9 Å². The van der Waals surface area contributed by atoms with Gasteiger partial charge in [0.25, 0.3) is 5.69 Å². The van der Waals surface area contributed by atoms with Gasteiger partial charge in [0.1, 0.15) is 22.6 Å². The molecule has 0 spiro atoms. The van der Waals surface area contributed by atoms with E-state index in [4.69, 9.17) is 4.42 Å². The Morgan fingerprint density at radius 3 is 2.71 bits per heavy atom. The summed E-state index contributed by atoms with van der Waals surface area (Å²) in [5.74, 6) is 0.793. The largest absolute Gasteiger partial charge is 0.456 e. The molecule has 0 saturated carbocycles. The first-order valence-electron chi connectivity index (χ1n) is 9.13. The second-order valence-corrected chi connectivity index (χ2v) is 8.80. The van der Waals surface area contributed by atoms with Crippen molar-refractivity contribution < 1.29 is 9.34 Å². The highest BCUT2D eigenvalue weighted by Crippen LogP contribution is 2.33. The summed E-state index contributed by atoms with van der Waals surface area (Å²) in [6, 6.07) is 18.5. The van der Waals surface area contributed by atoms with Crippen molar-refractivity contribution in [3.63, 3.8) is 0 Å².